The van der Waals surface area contributed by atoms with E-state index in [0.717, 1.165) is 62.7 Å². The molecular formula is C23H26N6O3. The quantitative estimate of drug-likeness (QED) is 0.443. The van der Waals surface area contributed by atoms with Crippen LogP contribution in [0.5, 0.6) is 5.75 Å². The lowest BCUT2D eigenvalue weighted by Gasteiger charge is -2.34. The number of nitrogens with zero attached hydrogens (tertiary/aromatic N) is 5. The first kappa shape index (κ1) is 20.6. The van der Waals surface area contributed by atoms with Crippen LogP contribution in [0.2, 0.25) is 0 Å². The van der Waals surface area contributed by atoms with Crippen LogP contribution in [0.3, 0.4) is 0 Å². The molecule has 32 heavy (non-hydrogen) atoms. The molecule has 1 aliphatic rings. The summed E-state index contributed by atoms with van der Waals surface area (Å²) in [6.45, 7) is 8.63. The molecule has 0 aliphatic carbocycles. The van der Waals surface area contributed by atoms with Crippen LogP contribution in [0, 0.1) is 6.92 Å². The number of aryl methyl sites for hydroxylation is 1. The fourth-order valence-electron chi connectivity index (χ4n) is 4.17. The van der Waals surface area contributed by atoms with E-state index >= 15 is 0 Å². The van der Waals surface area contributed by atoms with Gasteiger partial charge in [0.05, 0.1) is 17.7 Å². The Morgan fingerprint density at radius 3 is 2.75 bits per heavy atom. The zero-order chi connectivity index (χ0) is 21.9. The van der Waals surface area contributed by atoms with Gasteiger partial charge in [-0.25, -0.2) is 0 Å². The van der Waals surface area contributed by atoms with E-state index in [1.165, 1.54) is 0 Å². The van der Waals surface area contributed by atoms with Crippen molar-refractivity contribution in [2.24, 2.45) is 0 Å². The predicted octanol–water partition coefficient (Wildman–Crippen LogP) is 2.35. The average molecular weight is 435 g/mol. The highest BCUT2D eigenvalue weighted by Gasteiger charge is 2.18. The summed E-state index contributed by atoms with van der Waals surface area (Å²) in [5.41, 5.74) is 2.66. The van der Waals surface area contributed by atoms with Gasteiger partial charge in [0.1, 0.15) is 11.3 Å². The number of pyridine rings is 1. The summed E-state index contributed by atoms with van der Waals surface area (Å²) in [6.07, 6.45) is 2.79. The van der Waals surface area contributed by atoms with Gasteiger partial charge in [-0.2, -0.15) is 5.21 Å². The summed E-state index contributed by atoms with van der Waals surface area (Å²) in [4.78, 5) is 21.9. The number of nitrogens with one attached hydrogen (secondary N) is 1. The molecule has 3 aromatic heterocycles. The highest BCUT2D eigenvalue weighted by atomic mass is 16.5. The lowest BCUT2D eigenvalue weighted by atomic mass is 10.1. The van der Waals surface area contributed by atoms with Crippen molar-refractivity contribution < 1.29 is 9.15 Å². The third-order valence-corrected chi connectivity index (χ3v) is 5.98. The third kappa shape index (κ3) is 4.21. The van der Waals surface area contributed by atoms with Gasteiger partial charge in [0.15, 0.2) is 5.52 Å². The zero-order valence-corrected chi connectivity index (χ0v) is 18.1. The number of hydrogen-bond donors (Lipinski definition) is 1. The standard InChI is InChI=1S/C23H26N6O3/c1-16-19(7-6-18-21(30)20-23(26-27-25-20)32-22(16)18)31-14-4-9-28-10-12-29(13-11-28)15-17-5-2-3-8-24-17/h2-3,5-8H,4,9-15H2,1H3,(H,25,26,27). The van der Waals surface area contributed by atoms with Crippen LogP contribution < -0.4 is 10.2 Å². The maximum absolute atomic E-state index is 12.5. The third-order valence-electron chi connectivity index (χ3n) is 5.98. The first-order valence-electron chi connectivity index (χ1n) is 10.9. The molecule has 1 aliphatic heterocycles. The lowest BCUT2D eigenvalue weighted by molar-refractivity contribution is 0.120. The Bertz CT molecular complexity index is 1260. The summed E-state index contributed by atoms with van der Waals surface area (Å²) in [7, 11) is 0. The van der Waals surface area contributed by atoms with Gasteiger partial charge in [0, 0.05) is 51.0 Å². The molecule has 0 atom stereocenters. The molecule has 1 fully saturated rings. The molecule has 1 aromatic carbocycles. The van der Waals surface area contributed by atoms with E-state index in [4.69, 9.17) is 9.15 Å². The van der Waals surface area contributed by atoms with Gasteiger partial charge in [-0.15, -0.1) is 10.2 Å². The first-order valence-corrected chi connectivity index (χ1v) is 10.9. The van der Waals surface area contributed by atoms with Crippen molar-refractivity contribution in [3.05, 3.63) is 58.0 Å². The number of ether oxygens (including phenoxy) is 1. The molecule has 0 spiro atoms. The number of aromatic amines is 1. The Kier molecular flexibility index (Phi) is 5.83. The largest absolute Gasteiger partial charge is 0.493 e. The minimum atomic E-state index is -0.188. The molecule has 1 saturated heterocycles. The molecule has 5 rings (SSSR count). The van der Waals surface area contributed by atoms with Gasteiger partial charge in [-0.1, -0.05) is 6.07 Å². The molecule has 4 heterocycles. The van der Waals surface area contributed by atoms with Gasteiger partial charge in [0.2, 0.25) is 5.43 Å². The summed E-state index contributed by atoms with van der Waals surface area (Å²) in [6, 6.07) is 9.64. The normalized spacial score (nSPS) is 15.5. The Morgan fingerprint density at radius 1 is 1.09 bits per heavy atom. The van der Waals surface area contributed by atoms with Gasteiger partial charge in [0.25, 0.3) is 5.71 Å². The van der Waals surface area contributed by atoms with Crippen LogP contribution in [-0.4, -0.2) is 69.5 Å². The van der Waals surface area contributed by atoms with Crippen molar-refractivity contribution in [1.82, 2.24) is 30.2 Å². The number of aromatic nitrogens is 4. The zero-order valence-electron chi connectivity index (χ0n) is 18.1. The van der Waals surface area contributed by atoms with Crippen LogP contribution >= 0.6 is 0 Å². The average Bonchev–Trinajstić information content (AvgIpc) is 3.29. The molecule has 9 nitrogen and oxygen atoms in total. The van der Waals surface area contributed by atoms with Crippen molar-refractivity contribution in [2.45, 2.75) is 19.9 Å². The minimum Gasteiger partial charge on any atom is -0.493 e. The number of hydrogen-bond acceptors (Lipinski definition) is 8. The van der Waals surface area contributed by atoms with Crippen molar-refractivity contribution in [1.29, 1.82) is 0 Å². The Hall–Kier alpha value is -3.30. The summed E-state index contributed by atoms with van der Waals surface area (Å²) < 4.78 is 11.8. The molecular weight excluding hydrogens is 408 g/mol. The topological polar surface area (TPSA) is 100 Å². The van der Waals surface area contributed by atoms with Crippen molar-refractivity contribution >= 4 is 22.2 Å². The monoisotopic (exact) mass is 434 g/mol. The highest BCUT2D eigenvalue weighted by molar-refractivity contribution is 5.88. The molecule has 0 amide bonds. The SMILES string of the molecule is Cc1c(OCCCN2CCN(Cc3ccccn3)CC2)ccc2c(=O)c3n[nH]nc3oc12. The number of H-pyrrole nitrogens is 1. The van der Waals surface area contributed by atoms with E-state index < -0.39 is 0 Å². The number of benzene rings is 1. The molecule has 0 bridgehead atoms. The molecule has 0 radical (unpaired) electrons. The van der Waals surface area contributed by atoms with Crippen LogP contribution in [0.15, 0.2) is 45.7 Å². The fourth-order valence-corrected chi connectivity index (χ4v) is 4.17. The number of fused-ring (bicyclic) bond motifs is 2. The van der Waals surface area contributed by atoms with Gasteiger partial charge >= 0.3 is 0 Å². The van der Waals surface area contributed by atoms with Crippen molar-refractivity contribution in [3.63, 3.8) is 0 Å². The van der Waals surface area contributed by atoms with E-state index in [0.29, 0.717) is 17.6 Å². The molecule has 0 unspecified atom stereocenters. The maximum Gasteiger partial charge on any atom is 0.270 e. The van der Waals surface area contributed by atoms with Crippen LogP contribution in [-0.2, 0) is 6.54 Å². The van der Waals surface area contributed by atoms with Gasteiger partial charge in [-0.3, -0.25) is 14.7 Å². The second-order valence-corrected chi connectivity index (χ2v) is 8.11. The number of piperazine rings is 1. The van der Waals surface area contributed by atoms with Crippen molar-refractivity contribution in [2.75, 3.05) is 39.3 Å². The van der Waals surface area contributed by atoms with E-state index in [2.05, 4.69) is 36.3 Å². The summed E-state index contributed by atoms with van der Waals surface area (Å²) in [5.74, 6) is 0.726. The van der Waals surface area contributed by atoms with Crippen LogP contribution in [0.1, 0.15) is 17.7 Å². The highest BCUT2D eigenvalue weighted by Crippen LogP contribution is 2.27. The Morgan fingerprint density at radius 2 is 1.94 bits per heavy atom. The van der Waals surface area contributed by atoms with Gasteiger partial charge in [-0.05, 0) is 37.6 Å². The second kappa shape index (κ2) is 9.05. The smallest absolute Gasteiger partial charge is 0.270 e. The van der Waals surface area contributed by atoms with Gasteiger partial charge < -0.3 is 14.1 Å². The van der Waals surface area contributed by atoms with E-state index in [9.17, 15) is 4.79 Å². The molecule has 9 heteroatoms. The molecule has 166 valence electrons. The molecule has 0 saturated carbocycles. The Labute approximate surface area is 185 Å². The maximum atomic E-state index is 12.5. The Balaban J connectivity index is 1.12. The fraction of sp³-hybridized carbons (Fsp3) is 0.391. The summed E-state index contributed by atoms with van der Waals surface area (Å²) >= 11 is 0. The molecule has 4 aromatic rings. The van der Waals surface area contributed by atoms with E-state index in [1.807, 2.05) is 31.3 Å². The van der Waals surface area contributed by atoms with Crippen LogP contribution in [0.25, 0.3) is 22.2 Å². The lowest BCUT2D eigenvalue weighted by Crippen LogP contribution is -2.46. The predicted molar refractivity (Wildman–Crippen MR) is 121 cm³/mol. The number of rotatable bonds is 7. The summed E-state index contributed by atoms with van der Waals surface area (Å²) in [5, 5.41) is 10.7. The van der Waals surface area contributed by atoms with E-state index in [-0.39, 0.29) is 16.7 Å². The van der Waals surface area contributed by atoms with Crippen molar-refractivity contribution in [3.8, 4) is 5.75 Å². The molecule has 1 N–H and O–H groups in total. The first-order chi connectivity index (χ1) is 15.7. The van der Waals surface area contributed by atoms with E-state index in [1.54, 1.807) is 6.07 Å². The second-order valence-electron chi connectivity index (χ2n) is 8.11. The van der Waals surface area contributed by atoms with Crippen LogP contribution in [0.4, 0.5) is 0 Å². The minimum absolute atomic E-state index is 0.188.